The lowest BCUT2D eigenvalue weighted by molar-refractivity contribution is 0.423. The molecule has 0 saturated carbocycles. The standard InChI is InChI=1S/C13H8BrN3O3/c14-8-3-7(5-15-6-8)12-16-13(20-17-12)10-2-1-9(18)4-11(10)19/h1-6,18-19H. The van der Waals surface area contributed by atoms with Crippen LogP contribution in [0.1, 0.15) is 0 Å². The minimum atomic E-state index is -0.132. The van der Waals surface area contributed by atoms with E-state index in [9.17, 15) is 10.2 Å². The zero-order chi connectivity index (χ0) is 14.1. The predicted octanol–water partition coefficient (Wildman–Crippen LogP) is 2.97. The van der Waals surface area contributed by atoms with Crippen LogP contribution in [0.2, 0.25) is 0 Å². The SMILES string of the molecule is Oc1ccc(-c2nc(-c3cncc(Br)c3)no2)c(O)c1. The number of hydrogen-bond acceptors (Lipinski definition) is 6. The molecule has 100 valence electrons. The molecule has 2 aromatic heterocycles. The predicted molar refractivity (Wildman–Crippen MR) is 74.0 cm³/mol. The molecule has 0 unspecified atom stereocenters. The molecule has 0 amide bonds. The van der Waals surface area contributed by atoms with Gasteiger partial charge in [0.15, 0.2) is 0 Å². The average Bonchev–Trinajstić information content (AvgIpc) is 2.88. The Kier molecular flexibility index (Phi) is 3.11. The van der Waals surface area contributed by atoms with Crippen molar-refractivity contribution in [3.05, 3.63) is 41.1 Å². The first-order chi connectivity index (χ1) is 9.63. The Morgan fingerprint density at radius 3 is 2.70 bits per heavy atom. The fourth-order valence-electron chi connectivity index (χ4n) is 1.69. The lowest BCUT2D eigenvalue weighted by Crippen LogP contribution is -1.83. The summed E-state index contributed by atoms with van der Waals surface area (Å²) in [4.78, 5) is 8.22. The summed E-state index contributed by atoms with van der Waals surface area (Å²) in [5.74, 6) is 0.355. The van der Waals surface area contributed by atoms with Crippen molar-refractivity contribution in [2.24, 2.45) is 0 Å². The maximum Gasteiger partial charge on any atom is 0.262 e. The third kappa shape index (κ3) is 2.35. The highest BCUT2D eigenvalue weighted by atomic mass is 79.9. The third-order valence-corrected chi connectivity index (χ3v) is 3.03. The monoisotopic (exact) mass is 333 g/mol. The number of phenols is 2. The number of phenolic OH excluding ortho intramolecular Hbond substituents is 2. The van der Waals surface area contributed by atoms with Gasteiger partial charge in [0.1, 0.15) is 11.5 Å². The summed E-state index contributed by atoms with van der Waals surface area (Å²) in [5.41, 5.74) is 1.04. The van der Waals surface area contributed by atoms with E-state index in [1.165, 1.54) is 18.2 Å². The quantitative estimate of drug-likeness (QED) is 0.748. The Balaban J connectivity index is 2.02. The van der Waals surface area contributed by atoms with Crippen LogP contribution in [0, 0.1) is 0 Å². The molecule has 0 saturated heterocycles. The van der Waals surface area contributed by atoms with Crippen LogP contribution in [0.4, 0.5) is 0 Å². The molecule has 2 heterocycles. The number of nitrogens with zero attached hydrogens (tertiary/aromatic N) is 3. The number of hydrogen-bond donors (Lipinski definition) is 2. The normalized spacial score (nSPS) is 10.7. The van der Waals surface area contributed by atoms with E-state index in [0.29, 0.717) is 17.0 Å². The molecule has 0 aliphatic carbocycles. The lowest BCUT2D eigenvalue weighted by Gasteiger charge is -1.99. The van der Waals surface area contributed by atoms with Gasteiger partial charge in [0, 0.05) is 28.5 Å². The van der Waals surface area contributed by atoms with Crippen LogP contribution in [0.25, 0.3) is 22.8 Å². The highest BCUT2D eigenvalue weighted by Crippen LogP contribution is 2.32. The number of benzene rings is 1. The van der Waals surface area contributed by atoms with E-state index in [-0.39, 0.29) is 17.4 Å². The molecule has 6 nitrogen and oxygen atoms in total. The molecule has 0 atom stereocenters. The van der Waals surface area contributed by atoms with E-state index in [2.05, 4.69) is 31.1 Å². The third-order valence-electron chi connectivity index (χ3n) is 2.60. The van der Waals surface area contributed by atoms with Gasteiger partial charge in [-0.15, -0.1) is 0 Å². The Bertz CT molecular complexity index is 773. The van der Waals surface area contributed by atoms with Gasteiger partial charge in [0.25, 0.3) is 5.89 Å². The van der Waals surface area contributed by atoms with Gasteiger partial charge in [-0.2, -0.15) is 4.98 Å². The van der Waals surface area contributed by atoms with Gasteiger partial charge in [-0.1, -0.05) is 5.16 Å². The first-order valence-corrected chi connectivity index (χ1v) is 6.40. The van der Waals surface area contributed by atoms with Crippen LogP contribution in [0.15, 0.2) is 45.7 Å². The summed E-state index contributed by atoms with van der Waals surface area (Å²) in [6, 6.07) is 5.94. The van der Waals surface area contributed by atoms with Crippen molar-refractivity contribution in [2.75, 3.05) is 0 Å². The second kappa shape index (κ2) is 4.93. The molecule has 0 aliphatic rings. The Labute approximate surface area is 121 Å². The fraction of sp³-hybridized carbons (Fsp3) is 0. The number of halogens is 1. The number of aromatic hydroxyl groups is 2. The number of pyridine rings is 1. The molecule has 2 N–H and O–H groups in total. The number of aromatic nitrogens is 3. The van der Waals surface area contributed by atoms with Crippen LogP contribution in [0.3, 0.4) is 0 Å². The van der Waals surface area contributed by atoms with Crippen molar-refractivity contribution in [3.8, 4) is 34.3 Å². The highest BCUT2D eigenvalue weighted by Gasteiger charge is 2.14. The highest BCUT2D eigenvalue weighted by molar-refractivity contribution is 9.10. The van der Waals surface area contributed by atoms with Crippen molar-refractivity contribution >= 4 is 15.9 Å². The smallest absolute Gasteiger partial charge is 0.262 e. The van der Waals surface area contributed by atoms with Crippen LogP contribution in [-0.4, -0.2) is 25.3 Å². The van der Waals surface area contributed by atoms with Crippen LogP contribution in [-0.2, 0) is 0 Å². The molecular formula is C13H8BrN3O3. The first kappa shape index (κ1) is 12.6. The second-order valence-corrected chi connectivity index (χ2v) is 4.93. The number of rotatable bonds is 2. The van der Waals surface area contributed by atoms with Crippen molar-refractivity contribution < 1.29 is 14.7 Å². The minimum Gasteiger partial charge on any atom is -0.508 e. The first-order valence-electron chi connectivity index (χ1n) is 5.60. The molecule has 0 bridgehead atoms. The van der Waals surface area contributed by atoms with Gasteiger partial charge >= 0.3 is 0 Å². The maximum atomic E-state index is 9.76. The summed E-state index contributed by atoms with van der Waals surface area (Å²) < 4.78 is 5.92. The van der Waals surface area contributed by atoms with E-state index >= 15 is 0 Å². The van der Waals surface area contributed by atoms with E-state index < -0.39 is 0 Å². The van der Waals surface area contributed by atoms with Gasteiger partial charge < -0.3 is 14.7 Å². The molecule has 0 spiro atoms. The molecule has 0 aliphatic heterocycles. The zero-order valence-corrected chi connectivity index (χ0v) is 11.6. The zero-order valence-electron chi connectivity index (χ0n) is 9.99. The van der Waals surface area contributed by atoms with Crippen molar-refractivity contribution in [1.29, 1.82) is 0 Å². The van der Waals surface area contributed by atoms with Gasteiger partial charge in [0.2, 0.25) is 5.82 Å². The van der Waals surface area contributed by atoms with Crippen LogP contribution >= 0.6 is 15.9 Å². The Morgan fingerprint density at radius 1 is 1.10 bits per heavy atom. The molecule has 0 fully saturated rings. The fourth-order valence-corrected chi connectivity index (χ4v) is 2.05. The molecule has 3 aromatic rings. The van der Waals surface area contributed by atoms with Gasteiger partial charge in [-0.3, -0.25) is 4.98 Å². The second-order valence-electron chi connectivity index (χ2n) is 4.02. The van der Waals surface area contributed by atoms with Gasteiger partial charge in [0.05, 0.1) is 5.56 Å². The maximum absolute atomic E-state index is 9.76. The molecule has 0 radical (unpaired) electrons. The lowest BCUT2D eigenvalue weighted by atomic mass is 10.2. The van der Waals surface area contributed by atoms with Gasteiger partial charge in [-0.25, -0.2) is 0 Å². The molecule has 7 heteroatoms. The largest absolute Gasteiger partial charge is 0.508 e. The van der Waals surface area contributed by atoms with Crippen LogP contribution < -0.4 is 0 Å². The van der Waals surface area contributed by atoms with E-state index in [0.717, 1.165) is 4.47 Å². The molecular weight excluding hydrogens is 326 g/mol. The molecule has 1 aromatic carbocycles. The molecule has 3 rings (SSSR count). The summed E-state index contributed by atoms with van der Waals surface area (Å²) in [5, 5.41) is 22.9. The van der Waals surface area contributed by atoms with Crippen LogP contribution in [0.5, 0.6) is 11.5 Å². The minimum absolute atomic E-state index is 0.0396. The van der Waals surface area contributed by atoms with E-state index in [4.69, 9.17) is 4.52 Å². The Morgan fingerprint density at radius 2 is 1.95 bits per heavy atom. The van der Waals surface area contributed by atoms with E-state index in [1.807, 2.05) is 0 Å². The van der Waals surface area contributed by atoms with Crippen molar-refractivity contribution in [3.63, 3.8) is 0 Å². The topological polar surface area (TPSA) is 92.3 Å². The van der Waals surface area contributed by atoms with Crippen molar-refractivity contribution in [2.45, 2.75) is 0 Å². The van der Waals surface area contributed by atoms with Crippen molar-refractivity contribution in [1.82, 2.24) is 15.1 Å². The summed E-state index contributed by atoms with van der Waals surface area (Å²) in [6.07, 6.45) is 3.26. The summed E-state index contributed by atoms with van der Waals surface area (Å²) in [7, 11) is 0. The van der Waals surface area contributed by atoms with E-state index in [1.54, 1.807) is 18.5 Å². The summed E-state index contributed by atoms with van der Waals surface area (Å²) in [6.45, 7) is 0. The molecule has 20 heavy (non-hydrogen) atoms. The summed E-state index contributed by atoms with van der Waals surface area (Å²) >= 11 is 3.31. The van der Waals surface area contributed by atoms with Gasteiger partial charge in [-0.05, 0) is 34.1 Å². The Hall–Kier alpha value is -2.41. The average molecular weight is 334 g/mol.